The van der Waals surface area contributed by atoms with Gasteiger partial charge in [0.2, 0.25) is 5.91 Å². The summed E-state index contributed by atoms with van der Waals surface area (Å²) in [4.78, 5) is 21.1. The summed E-state index contributed by atoms with van der Waals surface area (Å²) in [6.07, 6.45) is 1.88. The number of carbonyl (C=O) groups is 1. The number of ether oxygens (including phenoxy) is 1. The lowest BCUT2D eigenvalue weighted by Crippen LogP contribution is -2.44. The molecule has 2 fully saturated rings. The molecule has 8 heteroatoms. The molecule has 1 aromatic heterocycles. The molecule has 0 unspecified atom stereocenters. The van der Waals surface area contributed by atoms with Crippen molar-refractivity contribution >= 4 is 32.6 Å². The van der Waals surface area contributed by atoms with Crippen molar-refractivity contribution in [3.8, 4) is 5.75 Å². The normalized spacial score (nSPS) is 20.5. The molecule has 28 heavy (non-hydrogen) atoms. The third-order valence-electron chi connectivity index (χ3n) is 5.79. The minimum atomic E-state index is -2.61. The van der Waals surface area contributed by atoms with E-state index in [9.17, 15) is 13.6 Å². The molecule has 1 aromatic carbocycles. The van der Waals surface area contributed by atoms with Gasteiger partial charge in [-0.2, -0.15) is 0 Å². The van der Waals surface area contributed by atoms with E-state index >= 15 is 0 Å². The second-order valence-corrected chi connectivity index (χ2v) is 8.68. The predicted molar refractivity (Wildman–Crippen MR) is 106 cm³/mol. The van der Waals surface area contributed by atoms with Crippen LogP contribution in [0, 0.1) is 5.92 Å². The Hall–Kier alpha value is -1.96. The van der Waals surface area contributed by atoms with Gasteiger partial charge in [-0.1, -0.05) is 17.4 Å². The highest BCUT2D eigenvalue weighted by atomic mass is 32.1. The number of piperidine rings is 2. The average molecular weight is 410 g/mol. The number of anilines is 1. The molecule has 2 aliphatic heterocycles. The Kier molecular flexibility index (Phi) is 5.40. The van der Waals surface area contributed by atoms with Gasteiger partial charge in [0.25, 0.3) is 5.92 Å². The van der Waals surface area contributed by atoms with Crippen molar-refractivity contribution < 1.29 is 18.3 Å². The number of likely N-dealkylation sites (tertiary alicyclic amines) is 1. The second-order valence-electron chi connectivity index (χ2n) is 7.67. The zero-order valence-corrected chi connectivity index (χ0v) is 16.8. The van der Waals surface area contributed by atoms with Crippen LogP contribution in [-0.4, -0.2) is 55.0 Å². The predicted octanol–water partition coefficient (Wildman–Crippen LogP) is 4.17. The number of para-hydroxylation sites is 1. The first-order chi connectivity index (χ1) is 13.4. The van der Waals surface area contributed by atoms with Crippen molar-refractivity contribution in [3.63, 3.8) is 0 Å². The van der Waals surface area contributed by atoms with E-state index in [1.807, 2.05) is 18.2 Å². The van der Waals surface area contributed by atoms with Crippen molar-refractivity contribution in [1.29, 1.82) is 0 Å². The molecule has 0 radical (unpaired) electrons. The zero-order valence-electron chi connectivity index (χ0n) is 16.0. The number of aromatic nitrogens is 1. The van der Waals surface area contributed by atoms with E-state index in [0.717, 1.165) is 47.0 Å². The third-order valence-corrected chi connectivity index (χ3v) is 6.87. The molecule has 0 spiro atoms. The number of nitrogens with zero attached hydrogens (tertiary/aromatic N) is 3. The van der Waals surface area contributed by atoms with Crippen LogP contribution in [0.4, 0.5) is 13.9 Å². The molecule has 0 aliphatic carbocycles. The van der Waals surface area contributed by atoms with Gasteiger partial charge in [-0.3, -0.25) is 4.79 Å². The third kappa shape index (κ3) is 4.06. The molecular weight excluding hydrogens is 384 g/mol. The van der Waals surface area contributed by atoms with Crippen molar-refractivity contribution in [1.82, 2.24) is 9.88 Å². The average Bonchev–Trinajstić information content (AvgIpc) is 3.12. The Bertz CT molecular complexity index is 839. The molecule has 152 valence electrons. The van der Waals surface area contributed by atoms with Gasteiger partial charge in [-0.15, -0.1) is 0 Å². The van der Waals surface area contributed by atoms with Gasteiger partial charge in [-0.25, -0.2) is 13.8 Å². The topological polar surface area (TPSA) is 45.7 Å². The molecule has 2 aliphatic rings. The van der Waals surface area contributed by atoms with Gasteiger partial charge in [0.05, 0.1) is 11.8 Å². The number of thiazole rings is 1. The van der Waals surface area contributed by atoms with Crippen LogP contribution in [0.15, 0.2) is 18.2 Å². The lowest BCUT2D eigenvalue weighted by molar-refractivity contribution is -0.138. The van der Waals surface area contributed by atoms with Crippen LogP contribution < -0.4 is 9.64 Å². The highest BCUT2D eigenvalue weighted by Gasteiger charge is 2.36. The van der Waals surface area contributed by atoms with Crippen LogP contribution in [0.3, 0.4) is 0 Å². The number of benzene rings is 1. The number of alkyl halides is 2. The number of methoxy groups -OCH3 is 1. The van der Waals surface area contributed by atoms with Crippen molar-refractivity contribution in [2.75, 3.05) is 38.2 Å². The van der Waals surface area contributed by atoms with E-state index in [1.54, 1.807) is 23.3 Å². The summed E-state index contributed by atoms with van der Waals surface area (Å²) >= 11 is 1.66. The number of rotatable bonds is 4. The molecule has 0 bridgehead atoms. The molecule has 2 saturated heterocycles. The maximum absolute atomic E-state index is 13.3. The van der Waals surface area contributed by atoms with Gasteiger partial charge >= 0.3 is 0 Å². The lowest BCUT2D eigenvalue weighted by atomic mass is 9.92. The summed E-state index contributed by atoms with van der Waals surface area (Å²) < 4.78 is 33.0. The van der Waals surface area contributed by atoms with Gasteiger partial charge in [0, 0.05) is 45.4 Å². The Morgan fingerprint density at radius 1 is 1.25 bits per heavy atom. The Morgan fingerprint density at radius 3 is 2.64 bits per heavy atom. The van der Waals surface area contributed by atoms with Gasteiger partial charge in [0.15, 0.2) is 5.13 Å². The maximum atomic E-state index is 13.3. The highest BCUT2D eigenvalue weighted by Crippen LogP contribution is 2.36. The largest absolute Gasteiger partial charge is 0.494 e. The molecule has 0 saturated carbocycles. The number of hydrogen-bond donors (Lipinski definition) is 0. The number of hydrogen-bond acceptors (Lipinski definition) is 5. The van der Waals surface area contributed by atoms with Crippen LogP contribution in [-0.2, 0) is 4.79 Å². The number of carbonyl (C=O) groups excluding carboxylic acids is 1. The van der Waals surface area contributed by atoms with Crippen LogP contribution in [0.5, 0.6) is 5.75 Å². The van der Waals surface area contributed by atoms with Crippen LogP contribution >= 0.6 is 11.3 Å². The second kappa shape index (κ2) is 7.81. The fourth-order valence-electron chi connectivity index (χ4n) is 4.00. The number of fused-ring (bicyclic) bond motifs is 1. The highest BCUT2D eigenvalue weighted by molar-refractivity contribution is 7.22. The first-order valence-electron chi connectivity index (χ1n) is 9.79. The summed E-state index contributed by atoms with van der Waals surface area (Å²) in [5.74, 6) is -1.48. The summed E-state index contributed by atoms with van der Waals surface area (Å²) in [5.41, 5.74) is 0.893. The van der Waals surface area contributed by atoms with E-state index in [1.165, 1.54) is 0 Å². The van der Waals surface area contributed by atoms with E-state index in [-0.39, 0.29) is 31.8 Å². The van der Waals surface area contributed by atoms with E-state index < -0.39 is 5.92 Å². The number of amides is 1. The zero-order chi connectivity index (χ0) is 19.7. The maximum Gasteiger partial charge on any atom is 0.251 e. The van der Waals surface area contributed by atoms with Gasteiger partial charge in [0.1, 0.15) is 11.3 Å². The van der Waals surface area contributed by atoms with Crippen LogP contribution in [0.1, 0.15) is 32.1 Å². The summed E-state index contributed by atoms with van der Waals surface area (Å²) in [5, 5.41) is 0.988. The smallest absolute Gasteiger partial charge is 0.251 e. The SMILES string of the molecule is COc1cccc2sc(N3CCC(CC(=O)N4CCC(F)(F)CC4)CC3)nc12. The van der Waals surface area contributed by atoms with E-state index in [2.05, 4.69) is 4.90 Å². The fraction of sp³-hybridized carbons (Fsp3) is 0.600. The first-order valence-corrected chi connectivity index (χ1v) is 10.6. The molecule has 0 atom stereocenters. The Balaban J connectivity index is 1.32. The minimum Gasteiger partial charge on any atom is -0.494 e. The van der Waals surface area contributed by atoms with Gasteiger partial charge in [-0.05, 0) is 30.9 Å². The Labute approximate surface area is 167 Å². The molecule has 2 aromatic rings. The molecule has 0 N–H and O–H groups in total. The van der Waals surface area contributed by atoms with E-state index in [4.69, 9.17) is 9.72 Å². The molecular formula is C20H25F2N3O2S. The van der Waals surface area contributed by atoms with Gasteiger partial charge < -0.3 is 14.5 Å². The summed E-state index contributed by atoms with van der Waals surface area (Å²) in [7, 11) is 1.65. The molecule has 5 nitrogen and oxygen atoms in total. The standard InChI is InChI=1S/C20H25F2N3O2S/c1-27-15-3-2-4-16-18(15)23-19(28-16)25-9-5-14(6-10-25)13-17(26)24-11-7-20(21,22)8-12-24/h2-4,14H,5-13H2,1H3. The Morgan fingerprint density at radius 2 is 1.96 bits per heavy atom. The lowest BCUT2D eigenvalue weighted by Gasteiger charge is -2.35. The fourth-order valence-corrected chi connectivity index (χ4v) is 5.03. The number of halogens is 2. The molecule has 4 rings (SSSR count). The summed E-state index contributed by atoms with van der Waals surface area (Å²) in [6, 6.07) is 5.93. The van der Waals surface area contributed by atoms with Crippen LogP contribution in [0.2, 0.25) is 0 Å². The van der Waals surface area contributed by atoms with E-state index in [0.29, 0.717) is 12.3 Å². The van der Waals surface area contributed by atoms with Crippen molar-refractivity contribution in [2.45, 2.75) is 38.0 Å². The quantitative estimate of drug-likeness (QED) is 0.760. The van der Waals surface area contributed by atoms with Crippen molar-refractivity contribution in [3.05, 3.63) is 18.2 Å². The first kappa shape index (κ1) is 19.4. The minimum absolute atomic E-state index is 0.0265. The van der Waals surface area contributed by atoms with Crippen LogP contribution in [0.25, 0.3) is 10.2 Å². The molecule has 3 heterocycles. The van der Waals surface area contributed by atoms with Crippen molar-refractivity contribution in [2.24, 2.45) is 5.92 Å². The monoisotopic (exact) mass is 409 g/mol. The summed E-state index contributed by atoms with van der Waals surface area (Å²) in [6.45, 7) is 2.08. The molecule has 1 amide bonds.